The predicted octanol–water partition coefficient (Wildman–Crippen LogP) is 2.68. The van der Waals surface area contributed by atoms with E-state index in [9.17, 15) is 9.59 Å². The van der Waals surface area contributed by atoms with Crippen LogP contribution in [0.2, 0.25) is 0 Å². The number of H-pyrrole nitrogens is 1. The van der Waals surface area contributed by atoms with Crippen LogP contribution >= 0.6 is 0 Å². The van der Waals surface area contributed by atoms with Crippen molar-refractivity contribution < 1.29 is 9.53 Å². The van der Waals surface area contributed by atoms with Crippen molar-refractivity contribution in [2.75, 3.05) is 24.7 Å². The summed E-state index contributed by atoms with van der Waals surface area (Å²) < 4.78 is 7.46. The second kappa shape index (κ2) is 7.48. The number of aromatic amines is 1. The van der Waals surface area contributed by atoms with E-state index in [1.54, 1.807) is 17.2 Å². The molecule has 9 heteroatoms. The van der Waals surface area contributed by atoms with Crippen LogP contribution < -0.4 is 10.5 Å². The minimum Gasteiger partial charge on any atom is -0.381 e. The minimum atomic E-state index is -0.330. The molecule has 1 fully saturated rings. The first-order chi connectivity index (χ1) is 16.0. The molecular formula is C24H24N6O3. The Labute approximate surface area is 189 Å². The number of aromatic nitrogens is 5. The molecular weight excluding hydrogens is 420 g/mol. The molecule has 0 aliphatic carbocycles. The molecule has 1 saturated heterocycles. The van der Waals surface area contributed by atoms with Crippen molar-refractivity contribution in [2.24, 2.45) is 0 Å². The number of rotatable bonds is 2. The molecule has 0 bridgehead atoms. The van der Waals surface area contributed by atoms with E-state index in [1.165, 1.54) is 0 Å². The van der Waals surface area contributed by atoms with Crippen LogP contribution in [0.25, 0.3) is 16.7 Å². The highest BCUT2D eigenvalue weighted by molar-refractivity contribution is 6.09. The number of carbonyl (C=O) groups excluding carboxylic acids is 1. The van der Waals surface area contributed by atoms with Crippen LogP contribution in [0.5, 0.6) is 0 Å². The van der Waals surface area contributed by atoms with Gasteiger partial charge in [0.15, 0.2) is 0 Å². The molecule has 168 valence electrons. The Bertz CT molecular complexity index is 1480. The van der Waals surface area contributed by atoms with Crippen LogP contribution in [-0.4, -0.2) is 50.2 Å². The molecule has 6 rings (SSSR count). The summed E-state index contributed by atoms with van der Waals surface area (Å²) in [4.78, 5) is 35.4. The minimum absolute atomic E-state index is 0.0796. The van der Waals surface area contributed by atoms with Gasteiger partial charge in [-0.1, -0.05) is 6.07 Å². The second-order valence-electron chi connectivity index (χ2n) is 8.97. The first kappa shape index (κ1) is 20.0. The maximum atomic E-state index is 13.5. The van der Waals surface area contributed by atoms with Gasteiger partial charge in [-0.3, -0.25) is 18.9 Å². The Kier molecular flexibility index (Phi) is 4.55. The van der Waals surface area contributed by atoms with E-state index in [1.807, 2.05) is 24.3 Å². The van der Waals surface area contributed by atoms with Crippen molar-refractivity contribution in [3.05, 3.63) is 62.8 Å². The molecule has 1 atom stereocenters. The summed E-state index contributed by atoms with van der Waals surface area (Å²) in [5.74, 6) is 1.41. The molecule has 2 aliphatic heterocycles. The van der Waals surface area contributed by atoms with Crippen molar-refractivity contribution in [3.8, 4) is 0 Å². The van der Waals surface area contributed by atoms with Crippen molar-refractivity contribution in [3.63, 3.8) is 0 Å². The van der Waals surface area contributed by atoms with Gasteiger partial charge in [-0.15, -0.1) is 10.2 Å². The number of nitrogens with zero attached hydrogens (tertiary/aromatic N) is 5. The zero-order chi connectivity index (χ0) is 22.7. The lowest BCUT2D eigenvalue weighted by Crippen LogP contribution is -2.30. The van der Waals surface area contributed by atoms with Gasteiger partial charge in [0.2, 0.25) is 5.65 Å². The topological polar surface area (TPSA) is 105 Å². The smallest absolute Gasteiger partial charge is 0.294 e. The summed E-state index contributed by atoms with van der Waals surface area (Å²) in [6.45, 7) is 5.81. The van der Waals surface area contributed by atoms with Crippen LogP contribution in [0.15, 0.2) is 29.2 Å². The number of nitrogens with one attached hydrogen (secondary N) is 1. The highest BCUT2D eigenvalue weighted by Gasteiger charge is 2.29. The summed E-state index contributed by atoms with van der Waals surface area (Å²) in [5.41, 5.74) is 4.82. The number of aryl methyl sites for hydroxylation is 2. The number of carbonyl (C=O) groups is 1. The summed E-state index contributed by atoms with van der Waals surface area (Å²) >= 11 is 0. The largest absolute Gasteiger partial charge is 0.381 e. The van der Waals surface area contributed by atoms with Gasteiger partial charge in [0.1, 0.15) is 11.6 Å². The third-order valence-corrected chi connectivity index (χ3v) is 6.66. The van der Waals surface area contributed by atoms with Crippen molar-refractivity contribution >= 4 is 28.4 Å². The zero-order valence-electron chi connectivity index (χ0n) is 18.6. The number of anilines is 1. The van der Waals surface area contributed by atoms with E-state index in [0.717, 1.165) is 53.9 Å². The highest BCUT2D eigenvalue weighted by atomic mass is 16.5. The fourth-order valence-electron chi connectivity index (χ4n) is 5.01. The molecule has 0 saturated carbocycles. The van der Waals surface area contributed by atoms with E-state index < -0.39 is 0 Å². The molecule has 4 aromatic rings. The molecule has 9 nitrogen and oxygen atoms in total. The second-order valence-corrected chi connectivity index (χ2v) is 8.97. The summed E-state index contributed by atoms with van der Waals surface area (Å²) in [6.07, 6.45) is 4.45. The lowest BCUT2D eigenvalue weighted by atomic mass is 10.0. The lowest BCUT2D eigenvalue weighted by Gasteiger charge is -2.21. The van der Waals surface area contributed by atoms with Crippen LogP contribution in [0, 0.1) is 13.8 Å². The maximum absolute atomic E-state index is 13.5. The standard InChI is InChI=1S/C24H24N6O3/c1-13-8-15-5-6-29(20(15)25-11-13)24(32)17-10-18-19(9-14(17)2)30-21(16-4-3-7-33-12-16)27-28-22(30)23(31)26-18/h8-11,16H,3-7,12H2,1-2H3,(H,26,31). The van der Waals surface area contributed by atoms with Gasteiger partial charge >= 0.3 is 0 Å². The summed E-state index contributed by atoms with van der Waals surface area (Å²) in [7, 11) is 0. The number of fused-ring (bicyclic) bond motifs is 4. The van der Waals surface area contributed by atoms with Gasteiger partial charge in [0.05, 0.1) is 17.6 Å². The zero-order valence-corrected chi connectivity index (χ0v) is 18.6. The first-order valence-electron chi connectivity index (χ1n) is 11.3. The quantitative estimate of drug-likeness (QED) is 0.510. The van der Waals surface area contributed by atoms with E-state index in [-0.39, 0.29) is 23.0 Å². The number of hydrogen-bond acceptors (Lipinski definition) is 6. The van der Waals surface area contributed by atoms with Gasteiger partial charge < -0.3 is 9.72 Å². The molecule has 0 spiro atoms. The van der Waals surface area contributed by atoms with Crippen LogP contribution in [0.3, 0.4) is 0 Å². The highest BCUT2D eigenvalue weighted by Crippen LogP contribution is 2.30. The number of pyridine rings is 1. The lowest BCUT2D eigenvalue weighted by molar-refractivity contribution is 0.0778. The van der Waals surface area contributed by atoms with Gasteiger partial charge in [0.25, 0.3) is 11.5 Å². The van der Waals surface area contributed by atoms with Crippen LogP contribution in [0.1, 0.15) is 51.6 Å². The molecule has 1 amide bonds. The van der Waals surface area contributed by atoms with Gasteiger partial charge in [-0.2, -0.15) is 0 Å². The third kappa shape index (κ3) is 3.14. The molecule has 5 heterocycles. The Balaban J connectivity index is 1.48. The van der Waals surface area contributed by atoms with E-state index in [0.29, 0.717) is 30.0 Å². The monoisotopic (exact) mass is 444 g/mol. The number of benzene rings is 1. The molecule has 0 radical (unpaired) electrons. The molecule has 33 heavy (non-hydrogen) atoms. The van der Waals surface area contributed by atoms with Gasteiger partial charge in [-0.05, 0) is 61.9 Å². The molecule has 3 aromatic heterocycles. The normalized spacial score (nSPS) is 18.2. The van der Waals surface area contributed by atoms with E-state index in [2.05, 4.69) is 26.2 Å². The fraction of sp³-hybridized carbons (Fsp3) is 0.375. The van der Waals surface area contributed by atoms with Crippen molar-refractivity contribution in [2.45, 2.75) is 39.0 Å². The third-order valence-electron chi connectivity index (χ3n) is 6.66. The average molecular weight is 444 g/mol. The van der Waals surface area contributed by atoms with E-state index >= 15 is 0 Å². The first-order valence-corrected chi connectivity index (χ1v) is 11.3. The summed E-state index contributed by atoms with van der Waals surface area (Å²) in [5, 5.41) is 8.50. The molecule has 1 unspecified atom stereocenters. The van der Waals surface area contributed by atoms with Gasteiger partial charge in [-0.25, -0.2) is 4.98 Å². The van der Waals surface area contributed by atoms with Crippen LogP contribution in [-0.2, 0) is 11.2 Å². The Morgan fingerprint density at radius 1 is 1.21 bits per heavy atom. The molecule has 2 aliphatic rings. The predicted molar refractivity (Wildman–Crippen MR) is 123 cm³/mol. The number of ether oxygens (including phenoxy) is 1. The molecule has 1 N–H and O–H groups in total. The number of amides is 1. The van der Waals surface area contributed by atoms with Crippen molar-refractivity contribution in [1.29, 1.82) is 0 Å². The Morgan fingerprint density at radius 3 is 2.91 bits per heavy atom. The van der Waals surface area contributed by atoms with E-state index in [4.69, 9.17) is 4.74 Å². The summed E-state index contributed by atoms with van der Waals surface area (Å²) in [6, 6.07) is 5.78. The van der Waals surface area contributed by atoms with Crippen LogP contribution in [0.4, 0.5) is 5.82 Å². The van der Waals surface area contributed by atoms with Crippen molar-refractivity contribution in [1.82, 2.24) is 24.6 Å². The van der Waals surface area contributed by atoms with Gasteiger partial charge in [0, 0.05) is 30.8 Å². The Hall–Kier alpha value is -3.59. The fourth-order valence-corrected chi connectivity index (χ4v) is 5.01. The average Bonchev–Trinajstić information content (AvgIpc) is 3.44. The number of hydrogen-bond donors (Lipinski definition) is 1. The SMILES string of the molecule is Cc1cnc2c(c1)CCN2C(=O)c1cc2[nH]c(=O)c3nnc(C4CCCOC4)n3c2cc1C. The molecule has 1 aromatic carbocycles. The Morgan fingerprint density at radius 2 is 2.09 bits per heavy atom. The maximum Gasteiger partial charge on any atom is 0.294 e.